The molecule has 2 aromatic carbocycles. The van der Waals surface area contributed by atoms with Crippen LogP contribution in [0.15, 0.2) is 60.9 Å². The SMILES string of the molecule is CCc1cc(Nc2nc(NC3CCC4(CC3)COC4)c(-c3ccn[nH]3)nc2C(=O)NCN2CCN(C3CCN(c4ccc(Nc5nc(NC6CCC7(CC6)COC7)c(-c6ccn[nH]6)nc5C(N)=O)cc4C)CC3)CC2)ccc1N1CCC(N2CCN(C)CC2)CC1. The van der Waals surface area contributed by atoms with Crippen LogP contribution in [-0.4, -0.2) is 215 Å². The molecule has 2 aliphatic carbocycles. The second-order valence-corrected chi connectivity index (χ2v) is 27.4. The number of piperazine rings is 2. The number of nitrogens with zero attached hydrogens (tertiary/aromatic N) is 12. The highest BCUT2D eigenvalue weighted by molar-refractivity contribution is 5.99. The number of amides is 2. The zero-order chi connectivity index (χ0) is 62.1. The molecule has 24 heteroatoms. The van der Waals surface area contributed by atoms with Crippen LogP contribution in [0.2, 0.25) is 0 Å². The third-order valence-corrected chi connectivity index (χ3v) is 21.4. The van der Waals surface area contributed by atoms with Crippen molar-refractivity contribution in [3.8, 4) is 22.8 Å². The molecule has 8 fully saturated rings. The fourth-order valence-corrected chi connectivity index (χ4v) is 15.5. The Bertz CT molecular complexity index is 3470. The number of anilines is 8. The van der Waals surface area contributed by atoms with Gasteiger partial charge in [0.25, 0.3) is 11.8 Å². The highest BCUT2D eigenvalue weighted by Gasteiger charge is 2.43. The number of primary amides is 1. The monoisotopic (exact) mass is 1240 g/mol. The van der Waals surface area contributed by atoms with E-state index in [0.717, 1.165) is 193 Å². The Kier molecular flexibility index (Phi) is 17.9. The van der Waals surface area contributed by atoms with E-state index in [1.165, 1.54) is 29.8 Å². The molecule has 10 heterocycles. The summed E-state index contributed by atoms with van der Waals surface area (Å²) in [6.45, 7) is 20.2. The molecule has 2 saturated carbocycles. The minimum atomic E-state index is -0.669. The Balaban J connectivity index is 0.609. The van der Waals surface area contributed by atoms with Gasteiger partial charge in [0.1, 0.15) is 11.4 Å². The van der Waals surface area contributed by atoms with E-state index >= 15 is 0 Å². The highest BCUT2D eigenvalue weighted by Crippen LogP contribution is 2.45. The molecule has 6 aliphatic heterocycles. The summed E-state index contributed by atoms with van der Waals surface area (Å²) in [5, 5.41) is 32.4. The number of piperidine rings is 2. The van der Waals surface area contributed by atoms with Crippen molar-refractivity contribution in [1.29, 1.82) is 0 Å². The van der Waals surface area contributed by atoms with Crippen LogP contribution in [0.5, 0.6) is 0 Å². The maximum Gasteiger partial charge on any atom is 0.274 e. The van der Waals surface area contributed by atoms with Crippen molar-refractivity contribution in [2.45, 2.75) is 121 Å². The molecule has 0 unspecified atom stereocenters. The molecule has 9 N–H and O–H groups in total. The van der Waals surface area contributed by atoms with Crippen molar-refractivity contribution >= 4 is 57.8 Å². The lowest BCUT2D eigenvalue weighted by Crippen LogP contribution is -2.54. The van der Waals surface area contributed by atoms with Crippen LogP contribution < -0.4 is 42.1 Å². The van der Waals surface area contributed by atoms with Gasteiger partial charge in [0.05, 0.1) is 44.5 Å². The molecule has 484 valence electrons. The first-order chi connectivity index (χ1) is 44.4. The van der Waals surface area contributed by atoms with Crippen LogP contribution in [0.3, 0.4) is 0 Å². The van der Waals surface area contributed by atoms with E-state index in [9.17, 15) is 9.59 Å². The van der Waals surface area contributed by atoms with Crippen molar-refractivity contribution in [3.05, 3.63) is 83.4 Å². The van der Waals surface area contributed by atoms with Gasteiger partial charge in [-0.2, -0.15) is 10.2 Å². The first-order valence-corrected chi connectivity index (χ1v) is 33.7. The van der Waals surface area contributed by atoms with Crippen molar-refractivity contribution < 1.29 is 19.1 Å². The Hall–Kier alpha value is -7.48. The Morgan fingerprint density at radius 2 is 1.07 bits per heavy atom. The second kappa shape index (κ2) is 26.6. The van der Waals surface area contributed by atoms with Gasteiger partial charge in [0.2, 0.25) is 0 Å². The predicted octanol–water partition coefficient (Wildman–Crippen LogP) is 7.44. The van der Waals surface area contributed by atoms with Gasteiger partial charge in [0.15, 0.2) is 34.7 Å². The predicted molar refractivity (Wildman–Crippen MR) is 355 cm³/mol. The van der Waals surface area contributed by atoms with Crippen LogP contribution >= 0.6 is 0 Å². The molecule has 14 rings (SSSR count). The van der Waals surface area contributed by atoms with Gasteiger partial charge in [-0.15, -0.1) is 0 Å². The minimum absolute atomic E-state index is 0.0581. The normalized spacial score (nSPS) is 22.2. The number of aromatic nitrogens is 8. The Morgan fingerprint density at radius 1 is 0.582 bits per heavy atom. The number of carbonyl (C=O) groups excluding carboxylic acids is 2. The number of carbonyl (C=O) groups is 2. The summed E-state index contributed by atoms with van der Waals surface area (Å²) in [4.78, 5) is 63.2. The summed E-state index contributed by atoms with van der Waals surface area (Å²) in [5.74, 6) is 0.976. The van der Waals surface area contributed by atoms with Crippen LogP contribution in [0.1, 0.15) is 116 Å². The molecule has 6 aromatic rings. The van der Waals surface area contributed by atoms with E-state index in [1.807, 2.05) is 18.2 Å². The number of aryl methyl sites for hydroxylation is 2. The molecule has 0 bridgehead atoms. The summed E-state index contributed by atoms with van der Waals surface area (Å²) in [7, 11) is 2.23. The van der Waals surface area contributed by atoms with Crippen LogP contribution in [-0.2, 0) is 15.9 Å². The minimum Gasteiger partial charge on any atom is -0.380 e. The number of nitrogens with one attached hydrogen (secondary N) is 7. The van der Waals surface area contributed by atoms with Crippen LogP contribution in [0, 0.1) is 17.8 Å². The van der Waals surface area contributed by atoms with Crippen molar-refractivity contribution in [3.63, 3.8) is 0 Å². The Morgan fingerprint density at radius 3 is 1.54 bits per heavy atom. The maximum atomic E-state index is 14.7. The third kappa shape index (κ3) is 13.4. The molecule has 24 nitrogen and oxygen atoms in total. The van der Waals surface area contributed by atoms with E-state index in [2.05, 4.69) is 128 Å². The zero-order valence-corrected chi connectivity index (χ0v) is 53.4. The fourth-order valence-electron chi connectivity index (χ4n) is 15.5. The lowest BCUT2D eigenvalue weighted by atomic mass is 9.71. The van der Waals surface area contributed by atoms with E-state index in [1.54, 1.807) is 12.4 Å². The van der Waals surface area contributed by atoms with Gasteiger partial charge in [-0.1, -0.05) is 6.92 Å². The fraction of sp³-hybridized carbons (Fsp3) is 0.582. The number of aromatic amines is 2. The number of hydrogen-bond acceptors (Lipinski definition) is 20. The summed E-state index contributed by atoms with van der Waals surface area (Å²) < 4.78 is 11.2. The standard InChI is InChI=1S/C67H92N20O4/c1-4-45-38-49(6-8-55(45)87-27-17-50(18-28-87)84-33-29-82(3)30-34-84)75-64-59(77-57(53-14-24-71-81-53)62(79-64)73-47-11-21-67(22-12-47)41-91-42-67)65(89)69-43-83-31-35-85(36-32-83)51-15-25-86(26-16-51)54-7-5-48(37-44(54)2)74-63-58(60(68)88)76-56(52-13-23-70-80-52)61(78-63)72-46-9-19-66(20-10-46)39-90-40-66/h5-8,13-14,23-24,37-38,46-47,50-51H,4,9-12,15-22,25-36,39-43H2,1-3H3,(H2,68,88)(H,69,89)(H,70,80)(H,71,81)(H2,72,74,78)(H2,73,75,79). The molecule has 0 atom stereocenters. The number of benzene rings is 2. The summed E-state index contributed by atoms with van der Waals surface area (Å²) in [5.41, 5.74) is 15.8. The first kappa shape index (κ1) is 61.0. The van der Waals surface area contributed by atoms with Crippen LogP contribution in [0.4, 0.5) is 46.0 Å². The molecule has 0 radical (unpaired) electrons. The van der Waals surface area contributed by atoms with Gasteiger partial charge in [-0.25, -0.2) is 19.9 Å². The van der Waals surface area contributed by atoms with Gasteiger partial charge in [-0.3, -0.25) is 34.5 Å². The van der Waals surface area contributed by atoms with E-state index in [4.69, 9.17) is 35.1 Å². The first-order valence-electron chi connectivity index (χ1n) is 33.7. The van der Waals surface area contributed by atoms with Crippen molar-refractivity contribution in [2.75, 3.05) is 150 Å². The number of nitrogens with two attached hydrogens (primary N) is 1. The molecule has 4 aromatic heterocycles. The van der Waals surface area contributed by atoms with Crippen molar-refractivity contribution in [1.82, 2.24) is 65.2 Å². The quantitative estimate of drug-likeness (QED) is 0.0392. The van der Waals surface area contributed by atoms with E-state index < -0.39 is 5.91 Å². The molecule has 2 spiro atoms. The maximum absolute atomic E-state index is 14.7. The van der Waals surface area contributed by atoms with Crippen molar-refractivity contribution in [2.24, 2.45) is 16.6 Å². The lowest BCUT2D eigenvalue weighted by Gasteiger charge is -2.46. The number of H-pyrrole nitrogens is 2. The number of ether oxygens (including phenoxy) is 2. The third-order valence-electron chi connectivity index (χ3n) is 21.4. The van der Waals surface area contributed by atoms with Gasteiger partial charge < -0.3 is 56.5 Å². The number of hydrogen-bond donors (Lipinski definition) is 8. The summed E-state index contributed by atoms with van der Waals surface area (Å²) >= 11 is 0. The van der Waals surface area contributed by atoms with E-state index in [-0.39, 0.29) is 29.4 Å². The lowest BCUT2D eigenvalue weighted by molar-refractivity contribution is -0.131. The average molecular weight is 1240 g/mol. The summed E-state index contributed by atoms with van der Waals surface area (Å²) in [6, 6.07) is 18.2. The zero-order valence-electron chi connectivity index (χ0n) is 53.4. The van der Waals surface area contributed by atoms with Gasteiger partial charge >= 0.3 is 0 Å². The molecular formula is C67H92N20O4. The Labute approximate surface area is 534 Å². The molecule has 91 heavy (non-hydrogen) atoms. The van der Waals surface area contributed by atoms with E-state index in [0.29, 0.717) is 75.6 Å². The molecular weight excluding hydrogens is 1150 g/mol. The topological polar surface area (TPSA) is 267 Å². The molecule has 6 saturated heterocycles. The van der Waals surface area contributed by atoms with Gasteiger partial charge in [0, 0.05) is 149 Å². The molecule has 2 amide bonds. The second-order valence-electron chi connectivity index (χ2n) is 27.4. The largest absolute Gasteiger partial charge is 0.380 e. The summed E-state index contributed by atoms with van der Waals surface area (Å²) in [6.07, 6.45) is 17.1. The number of likely N-dealkylation sites (N-methyl/N-ethyl adjacent to an activating group) is 1. The smallest absolute Gasteiger partial charge is 0.274 e. The average Bonchev–Trinajstić information content (AvgIpc) is 3.16. The van der Waals surface area contributed by atoms with Gasteiger partial charge in [-0.05, 0) is 157 Å². The van der Waals surface area contributed by atoms with Crippen LogP contribution in [0.25, 0.3) is 22.8 Å². The number of rotatable bonds is 19. The highest BCUT2D eigenvalue weighted by atomic mass is 16.5. The molecule has 8 aliphatic rings.